The lowest BCUT2D eigenvalue weighted by molar-refractivity contribution is -0.383. The molecule has 0 radical (unpaired) electrons. The minimum atomic E-state index is -3.81. The average molecular weight is 315 g/mol. The molecular weight excluding hydrogens is 306 g/mol. The summed E-state index contributed by atoms with van der Waals surface area (Å²) in [6.07, 6.45) is 2.49. The number of para-hydroxylation sites is 1. The van der Waals surface area contributed by atoms with Crippen molar-refractivity contribution in [3.63, 3.8) is 0 Å². The fraction of sp³-hybridized carbons (Fsp3) is 0. The molecule has 0 aliphatic carbocycles. The summed E-state index contributed by atoms with van der Waals surface area (Å²) in [5.41, 5.74) is -0.0215. The Morgan fingerprint density at radius 3 is 2.55 bits per heavy atom. The number of rotatable bonds is 3. The summed E-state index contributed by atoms with van der Waals surface area (Å²) < 4.78 is 24.9. The van der Waals surface area contributed by atoms with Crippen LogP contribution in [0.1, 0.15) is 0 Å². The predicted octanol–water partition coefficient (Wildman–Crippen LogP) is 2.37. The Kier molecular flexibility index (Phi) is 3.30. The van der Waals surface area contributed by atoms with Crippen LogP contribution in [0.5, 0.6) is 0 Å². The van der Waals surface area contributed by atoms with Gasteiger partial charge in [0.1, 0.15) is 5.52 Å². The lowest BCUT2D eigenvalue weighted by atomic mass is 10.2. The molecule has 0 aliphatic rings. The van der Waals surface area contributed by atoms with Gasteiger partial charge in [-0.25, -0.2) is 18.4 Å². The number of nitro groups is 1. The number of sulfone groups is 1. The molecule has 3 rings (SSSR count). The molecule has 0 aliphatic heterocycles. The molecule has 22 heavy (non-hydrogen) atoms. The van der Waals surface area contributed by atoms with Gasteiger partial charge in [0.25, 0.3) is 5.69 Å². The number of aromatic nitrogens is 2. The van der Waals surface area contributed by atoms with Crippen LogP contribution in [-0.2, 0) is 9.84 Å². The van der Waals surface area contributed by atoms with Gasteiger partial charge in [-0.2, -0.15) is 0 Å². The second-order valence-electron chi connectivity index (χ2n) is 4.45. The monoisotopic (exact) mass is 315 g/mol. The quantitative estimate of drug-likeness (QED) is 0.543. The maximum Gasteiger partial charge on any atom is 0.295 e. The first kappa shape index (κ1) is 14.1. The molecule has 0 N–H and O–H groups in total. The fourth-order valence-corrected chi connectivity index (χ4v) is 3.22. The molecule has 0 fully saturated rings. The third kappa shape index (κ3) is 2.29. The summed E-state index contributed by atoms with van der Waals surface area (Å²) in [5.74, 6) is 0. The van der Waals surface area contributed by atoms with E-state index in [9.17, 15) is 18.5 Å². The van der Waals surface area contributed by atoms with E-state index in [1.54, 1.807) is 18.2 Å². The first-order chi connectivity index (χ1) is 10.5. The second-order valence-corrected chi connectivity index (χ2v) is 6.34. The normalized spacial score (nSPS) is 11.5. The summed E-state index contributed by atoms with van der Waals surface area (Å²) in [4.78, 5) is 18.1. The van der Waals surface area contributed by atoms with Gasteiger partial charge in [-0.3, -0.25) is 10.1 Å². The van der Waals surface area contributed by atoms with Crippen molar-refractivity contribution in [3.8, 4) is 0 Å². The van der Waals surface area contributed by atoms with Gasteiger partial charge in [0, 0.05) is 23.8 Å². The lowest BCUT2D eigenvalue weighted by Crippen LogP contribution is -2.05. The fourth-order valence-electron chi connectivity index (χ4n) is 2.05. The Bertz CT molecular complexity index is 972. The van der Waals surface area contributed by atoms with Crippen molar-refractivity contribution in [2.24, 2.45) is 0 Å². The number of nitro benzene ring substituents is 1. The predicted molar refractivity (Wildman–Crippen MR) is 78.1 cm³/mol. The second kappa shape index (κ2) is 5.15. The maximum absolute atomic E-state index is 12.5. The van der Waals surface area contributed by atoms with Crippen LogP contribution >= 0.6 is 0 Å². The van der Waals surface area contributed by atoms with Crippen molar-refractivity contribution in [1.29, 1.82) is 0 Å². The van der Waals surface area contributed by atoms with Crippen LogP contribution in [0.3, 0.4) is 0 Å². The van der Waals surface area contributed by atoms with Crippen molar-refractivity contribution in [2.45, 2.75) is 9.92 Å². The average Bonchev–Trinajstić information content (AvgIpc) is 2.54. The van der Waals surface area contributed by atoms with E-state index < -0.39 is 14.8 Å². The largest absolute Gasteiger partial charge is 0.295 e. The molecule has 0 amide bonds. The summed E-state index contributed by atoms with van der Waals surface area (Å²) in [6, 6.07) is 10.3. The molecule has 8 heteroatoms. The van der Waals surface area contributed by atoms with E-state index in [0.29, 0.717) is 5.39 Å². The molecule has 0 unspecified atom stereocenters. The standard InChI is InChI=1S/C14H9N3O4S/c18-17(19)12-5-3-4-10-8-11(9-16-14(10)12)22(20,21)13-6-1-2-7-15-13/h1-9H. The zero-order valence-corrected chi connectivity index (χ0v) is 11.9. The summed E-state index contributed by atoms with van der Waals surface area (Å²) in [5, 5.41) is 11.2. The Balaban J connectivity index is 2.20. The van der Waals surface area contributed by atoms with E-state index >= 15 is 0 Å². The van der Waals surface area contributed by atoms with E-state index in [-0.39, 0.29) is 21.1 Å². The smallest absolute Gasteiger partial charge is 0.258 e. The van der Waals surface area contributed by atoms with Crippen LogP contribution < -0.4 is 0 Å². The van der Waals surface area contributed by atoms with Crippen LogP contribution in [0.4, 0.5) is 5.69 Å². The topological polar surface area (TPSA) is 103 Å². The molecule has 0 saturated carbocycles. The van der Waals surface area contributed by atoms with Crippen molar-refractivity contribution < 1.29 is 13.3 Å². The minimum absolute atomic E-state index is 0.0563. The van der Waals surface area contributed by atoms with Crippen LogP contribution in [0.25, 0.3) is 10.9 Å². The molecule has 0 atom stereocenters. The number of pyridine rings is 2. The van der Waals surface area contributed by atoms with Gasteiger partial charge in [-0.05, 0) is 18.2 Å². The van der Waals surface area contributed by atoms with E-state index in [2.05, 4.69) is 9.97 Å². The molecule has 3 aromatic rings. The van der Waals surface area contributed by atoms with E-state index in [1.165, 1.54) is 30.5 Å². The number of hydrogen-bond acceptors (Lipinski definition) is 6. The molecule has 2 aromatic heterocycles. The van der Waals surface area contributed by atoms with Crippen molar-refractivity contribution in [3.05, 3.63) is 65.0 Å². The van der Waals surface area contributed by atoms with Gasteiger partial charge in [-0.1, -0.05) is 18.2 Å². The highest BCUT2D eigenvalue weighted by molar-refractivity contribution is 7.91. The van der Waals surface area contributed by atoms with Crippen LogP contribution in [0, 0.1) is 10.1 Å². The molecule has 2 heterocycles. The number of fused-ring (bicyclic) bond motifs is 1. The number of non-ortho nitro benzene ring substituents is 1. The van der Waals surface area contributed by atoms with E-state index in [1.807, 2.05) is 0 Å². The van der Waals surface area contributed by atoms with E-state index in [0.717, 1.165) is 6.20 Å². The lowest BCUT2D eigenvalue weighted by Gasteiger charge is -2.05. The molecule has 7 nitrogen and oxygen atoms in total. The van der Waals surface area contributed by atoms with Gasteiger partial charge >= 0.3 is 0 Å². The summed E-state index contributed by atoms with van der Waals surface area (Å²) in [7, 11) is -3.81. The summed E-state index contributed by atoms with van der Waals surface area (Å²) in [6.45, 7) is 0. The number of nitrogens with zero attached hydrogens (tertiary/aromatic N) is 3. The van der Waals surface area contributed by atoms with Gasteiger partial charge in [0.05, 0.1) is 9.82 Å². The summed E-state index contributed by atoms with van der Waals surface area (Å²) >= 11 is 0. The molecular formula is C14H9N3O4S. The van der Waals surface area contributed by atoms with E-state index in [4.69, 9.17) is 0 Å². The Morgan fingerprint density at radius 2 is 1.86 bits per heavy atom. The minimum Gasteiger partial charge on any atom is -0.258 e. The number of hydrogen-bond donors (Lipinski definition) is 0. The third-order valence-corrected chi connectivity index (χ3v) is 4.72. The zero-order chi connectivity index (χ0) is 15.7. The Hall–Kier alpha value is -2.87. The first-order valence-electron chi connectivity index (χ1n) is 6.19. The zero-order valence-electron chi connectivity index (χ0n) is 11.1. The van der Waals surface area contributed by atoms with Crippen LogP contribution in [0.2, 0.25) is 0 Å². The third-order valence-electron chi connectivity index (χ3n) is 3.08. The Labute approximate surface area is 125 Å². The molecule has 0 saturated heterocycles. The van der Waals surface area contributed by atoms with Gasteiger partial charge in [0.2, 0.25) is 9.84 Å². The SMILES string of the molecule is O=[N+]([O-])c1cccc2cc(S(=O)(=O)c3ccccn3)cnc12. The molecule has 1 aromatic carbocycles. The van der Waals surface area contributed by atoms with Gasteiger partial charge < -0.3 is 0 Å². The molecule has 0 spiro atoms. The van der Waals surface area contributed by atoms with Gasteiger partial charge in [0.15, 0.2) is 5.03 Å². The first-order valence-corrected chi connectivity index (χ1v) is 7.68. The van der Waals surface area contributed by atoms with Gasteiger partial charge in [-0.15, -0.1) is 0 Å². The highest BCUT2D eigenvalue weighted by atomic mass is 32.2. The Morgan fingerprint density at radius 1 is 1.05 bits per heavy atom. The number of benzene rings is 1. The van der Waals surface area contributed by atoms with Crippen LogP contribution in [-0.4, -0.2) is 23.3 Å². The van der Waals surface area contributed by atoms with Crippen LogP contribution in [0.15, 0.2) is 64.8 Å². The highest BCUT2D eigenvalue weighted by Crippen LogP contribution is 2.27. The van der Waals surface area contributed by atoms with Crippen molar-refractivity contribution >= 4 is 26.4 Å². The van der Waals surface area contributed by atoms with Crippen molar-refractivity contribution in [1.82, 2.24) is 9.97 Å². The molecule has 110 valence electrons. The van der Waals surface area contributed by atoms with Crippen molar-refractivity contribution in [2.75, 3.05) is 0 Å². The highest BCUT2D eigenvalue weighted by Gasteiger charge is 2.21. The maximum atomic E-state index is 12.5. The molecule has 0 bridgehead atoms.